The number of nitrogens with one attached hydrogen (secondary N) is 1. The lowest BCUT2D eigenvalue weighted by Crippen LogP contribution is -2.40. The first-order valence-corrected chi connectivity index (χ1v) is 8.21. The third-order valence-corrected chi connectivity index (χ3v) is 4.25. The topological polar surface area (TPSA) is 114 Å². The molecule has 150 valence electrons. The van der Waals surface area contributed by atoms with Gasteiger partial charge in [0.2, 0.25) is 0 Å². The predicted molar refractivity (Wildman–Crippen MR) is 96.5 cm³/mol. The third kappa shape index (κ3) is 4.03. The zero-order valence-electron chi connectivity index (χ0n) is 14.9. The number of non-ortho nitro benzene ring substituents is 1. The van der Waals surface area contributed by atoms with Crippen molar-refractivity contribution in [3.63, 3.8) is 0 Å². The van der Waals surface area contributed by atoms with Gasteiger partial charge < -0.3 is 10.1 Å². The average molecular weight is 404 g/mol. The van der Waals surface area contributed by atoms with Crippen LogP contribution in [0.3, 0.4) is 0 Å². The Balaban J connectivity index is 1.78. The lowest BCUT2D eigenvalue weighted by molar-refractivity contribution is -0.384. The Morgan fingerprint density at radius 1 is 1.17 bits per heavy atom. The molecule has 1 saturated heterocycles. The van der Waals surface area contributed by atoms with Gasteiger partial charge in [-0.05, 0) is 42.3 Å². The van der Waals surface area contributed by atoms with Gasteiger partial charge in [0.05, 0.1) is 11.1 Å². The van der Waals surface area contributed by atoms with Gasteiger partial charge in [0.25, 0.3) is 11.6 Å². The third-order valence-electron chi connectivity index (χ3n) is 4.25. The Labute approximate surface area is 162 Å². The maximum absolute atomic E-state index is 12.8. The van der Waals surface area contributed by atoms with Crippen LogP contribution in [-0.2, 0) is 10.3 Å². The second-order valence-electron chi connectivity index (χ2n) is 6.17. The zero-order chi connectivity index (χ0) is 21.2. The van der Waals surface area contributed by atoms with E-state index < -0.39 is 29.0 Å². The predicted octanol–water partition coefficient (Wildman–Crippen LogP) is 3.00. The Morgan fingerprint density at radius 2 is 1.79 bits per heavy atom. The van der Waals surface area contributed by atoms with Crippen molar-refractivity contribution in [2.24, 2.45) is 5.10 Å². The van der Waals surface area contributed by atoms with Crippen LogP contribution in [0.5, 0.6) is 5.75 Å². The van der Waals surface area contributed by atoms with Crippen LogP contribution in [0.25, 0.3) is 0 Å². The smallest absolute Gasteiger partial charge is 0.387 e. The van der Waals surface area contributed by atoms with Crippen LogP contribution in [0.15, 0.2) is 53.6 Å². The van der Waals surface area contributed by atoms with Gasteiger partial charge in [-0.15, -0.1) is 5.01 Å². The van der Waals surface area contributed by atoms with Gasteiger partial charge in [0.1, 0.15) is 11.3 Å². The van der Waals surface area contributed by atoms with E-state index in [1.807, 2.05) is 0 Å². The molecule has 9 nitrogen and oxygen atoms in total. The highest BCUT2D eigenvalue weighted by atomic mass is 19.3. The number of rotatable bonds is 6. The molecule has 2 aromatic rings. The fourth-order valence-electron chi connectivity index (χ4n) is 2.70. The van der Waals surface area contributed by atoms with E-state index in [1.165, 1.54) is 61.7 Å². The number of carbonyl (C=O) groups is 2. The molecule has 1 heterocycles. The largest absolute Gasteiger partial charge is 0.435 e. The molecule has 0 bridgehead atoms. The maximum atomic E-state index is 12.8. The van der Waals surface area contributed by atoms with Crippen LogP contribution in [0.1, 0.15) is 18.1 Å². The van der Waals surface area contributed by atoms with Crippen LogP contribution in [0, 0.1) is 10.1 Å². The van der Waals surface area contributed by atoms with Crippen LogP contribution < -0.4 is 10.1 Å². The number of hydrazone groups is 1. The van der Waals surface area contributed by atoms with Crippen LogP contribution in [0.2, 0.25) is 0 Å². The van der Waals surface area contributed by atoms with Gasteiger partial charge in [-0.2, -0.15) is 13.9 Å². The van der Waals surface area contributed by atoms with Gasteiger partial charge in [0, 0.05) is 12.1 Å². The minimum Gasteiger partial charge on any atom is -0.435 e. The molecule has 29 heavy (non-hydrogen) atoms. The molecular weight excluding hydrogens is 390 g/mol. The van der Waals surface area contributed by atoms with E-state index >= 15 is 0 Å². The number of urea groups is 1. The van der Waals surface area contributed by atoms with Gasteiger partial charge in [-0.1, -0.05) is 12.1 Å². The first-order valence-electron chi connectivity index (χ1n) is 8.21. The van der Waals surface area contributed by atoms with Gasteiger partial charge >= 0.3 is 12.6 Å². The number of benzene rings is 2. The summed E-state index contributed by atoms with van der Waals surface area (Å²) in [4.78, 5) is 35.1. The number of carbonyl (C=O) groups excluding carboxylic acids is 2. The number of hydrogen-bond donors (Lipinski definition) is 1. The SMILES string of the molecule is C[C@]1(c2ccc(OC(F)F)cc2)NC(=O)N(/N=C\c2ccc([N+](=O)[O-])cc2)C1=O. The number of nitro groups is 1. The number of hydrogen-bond acceptors (Lipinski definition) is 6. The van der Waals surface area contributed by atoms with Crippen molar-refractivity contribution >= 4 is 23.8 Å². The van der Waals surface area contributed by atoms with Crippen molar-refractivity contribution in [2.45, 2.75) is 19.1 Å². The van der Waals surface area contributed by atoms with Crippen molar-refractivity contribution in [1.82, 2.24) is 10.3 Å². The number of nitro benzene ring substituents is 1. The zero-order valence-corrected chi connectivity index (χ0v) is 14.9. The van der Waals surface area contributed by atoms with E-state index in [0.717, 1.165) is 0 Å². The van der Waals surface area contributed by atoms with E-state index in [9.17, 15) is 28.5 Å². The molecule has 1 aliphatic rings. The summed E-state index contributed by atoms with van der Waals surface area (Å²) in [5.41, 5.74) is -0.763. The molecule has 11 heteroatoms. The second kappa shape index (κ2) is 7.62. The Morgan fingerprint density at radius 3 is 2.34 bits per heavy atom. The molecule has 3 amide bonds. The summed E-state index contributed by atoms with van der Waals surface area (Å²) < 4.78 is 28.8. The highest BCUT2D eigenvalue weighted by molar-refractivity contribution is 6.07. The minimum absolute atomic E-state index is 0.0860. The molecule has 1 atom stereocenters. The summed E-state index contributed by atoms with van der Waals surface area (Å²) in [5, 5.41) is 17.7. The summed E-state index contributed by atoms with van der Waals surface area (Å²) in [7, 11) is 0. The van der Waals surface area contributed by atoms with Crippen molar-refractivity contribution in [2.75, 3.05) is 0 Å². The van der Waals surface area contributed by atoms with E-state index in [0.29, 0.717) is 16.1 Å². The molecule has 0 spiro atoms. The quantitative estimate of drug-likeness (QED) is 0.344. The molecule has 2 aromatic carbocycles. The van der Waals surface area contributed by atoms with Gasteiger partial charge in [-0.25, -0.2) is 4.79 Å². The molecule has 1 fully saturated rings. The second-order valence-corrected chi connectivity index (χ2v) is 6.17. The summed E-state index contributed by atoms with van der Waals surface area (Å²) in [6, 6.07) is 9.88. The number of nitrogens with zero attached hydrogens (tertiary/aromatic N) is 3. The fourth-order valence-corrected chi connectivity index (χ4v) is 2.70. The summed E-state index contributed by atoms with van der Waals surface area (Å²) in [6.45, 7) is -1.52. The average Bonchev–Trinajstić information content (AvgIpc) is 2.90. The lowest BCUT2D eigenvalue weighted by Gasteiger charge is -2.21. The standard InChI is InChI=1S/C18H14F2N4O5/c1-18(12-4-8-14(9-5-12)29-16(19)20)15(25)23(17(26)22-18)21-10-11-2-6-13(7-3-11)24(27)28/h2-10,16H,1H3,(H,22,26)/b21-10-/t18-/m1/s1. The van der Waals surface area contributed by atoms with E-state index in [-0.39, 0.29) is 11.4 Å². The first-order chi connectivity index (χ1) is 13.7. The highest BCUT2D eigenvalue weighted by Gasteiger charge is 2.49. The van der Waals surface area contributed by atoms with Crippen molar-refractivity contribution in [3.8, 4) is 5.75 Å². The van der Waals surface area contributed by atoms with Gasteiger partial charge in [0.15, 0.2) is 0 Å². The summed E-state index contributed by atoms with van der Waals surface area (Å²) in [5.74, 6) is -0.764. The molecule has 0 saturated carbocycles. The normalized spacial score (nSPS) is 19.1. The molecule has 1 aliphatic heterocycles. The lowest BCUT2D eigenvalue weighted by atomic mass is 9.92. The Kier molecular flexibility index (Phi) is 5.22. The van der Waals surface area contributed by atoms with Crippen molar-refractivity contribution in [3.05, 3.63) is 69.8 Å². The number of ether oxygens (including phenoxy) is 1. The summed E-state index contributed by atoms with van der Waals surface area (Å²) >= 11 is 0. The Hall–Kier alpha value is -3.89. The molecule has 0 aromatic heterocycles. The van der Waals surface area contributed by atoms with Crippen LogP contribution in [0.4, 0.5) is 19.3 Å². The van der Waals surface area contributed by atoms with E-state index in [2.05, 4.69) is 15.2 Å². The van der Waals surface area contributed by atoms with Crippen LogP contribution >= 0.6 is 0 Å². The number of imide groups is 1. The minimum atomic E-state index is -2.98. The maximum Gasteiger partial charge on any atom is 0.387 e. The number of amides is 3. The fraction of sp³-hybridized carbons (Fsp3) is 0.167. The number of halogens is 2. The monoisotopic (exact) mass is 404 g/mol. The van der Waals surface area contributed by atoms with Crippen LogP contribution in [-0.4, -0.2) is 34.7 Å². The highest BCUT2D eigenvalue weighted by Crippen LogP contribution is 2.30. The van der Waals surface area contributed by atoms with Crippen molar-refractivity contribution < 1.29 is 28.0 Å². The summed E-state index contributed by atoms with van der Waals surface area (Å²) in [6.07, 6.45) is 1.21. The molecular formula is C18H14F2N4O5. The molecule has 0 aliphatic carbocycles. The van der Waals surface area contributed by atoms with Gasteiger partial charge in [-0.3, -0.25) is 14.9 Å². The first kappa shape index (κ1) is 19.9. The number of alkyl halides is 2. The molecule has 0 unspecified atom stereocenters. The molecule has 3 rings (SSSR count). The van der Waals surface area contributed by atoms with E-state index in [1.54, 1.807) is 0 Å². The Bertz CT molecular complexity index is 979. The van der Waals surface area contributed by atoms with Crippen molar-refractivity contribution in [1.29, 1.82) is 0 Å². The van der Waals surface area contributed by atoms with E-state index in [4.69, 9.17) is 0 Å². The molecule has 0 radical (unpaired) electrons. The molecule has 1 N–H and O–H groups in total.